The van der Waals surface area contributed by atoms with E-state index >= 15 is 0 Å². The van der Waals surface area contributed by atoms with Crippen molar-refractivity contribution in [3.63, 3.8) is 0 Å². The molecule has 11 heteroatoms. The minimum absolute atomic E-state index is 0.0419. The Balaban J connectivity index is 1.40. The summed E-state index contributed by atoms with van der Waals surface area (Å²) in [4.78, 5) is 39.5. The van der Waals surface area contributed by atoms with Gasteiger partial charge in [-0.3, -0.25) is 14.4 Å². The van der Waals surface area contributed by atoms with Gasteiger partial charge < -0.3 is 25.4 Å². The van der Waals surface area contributed by atoms with Crippen LogP contribution in [0.25, 0.3) is 6.08 Å². The van der Waals surface area contributed by atoms with E-state index in [1.54, 1.807) is 97.1 Å². The molecule has 3 N–H and O–H groups in total. The molecule has 0 saturated carbocycles. The van der Waals surface area contributed by atoms with Gasteiger partial charge in [-0.05, 0) is 66.2 Å². The van der Waals surface area contributed by atoms with E-state index in [4.69, 9.17) is 32.7 Å². The van der Waals surface area contributed by atoms with Crippen LogP contribution in [0.15, 0.2) is 102 Å². The van der Waals surface area contributed by atoms with Crippen molar-refractivity contribution in [2.24, 2.45) is 0 Å². The molecular weight excluding hydrogens is 609 g/mol. The molecule has 0 aliphatic rings. The number of hydrogen-bond donors (Lipinski definition) is 3. The molecule has 0 fully saturated rings. The summed E-state index contributed by atoms with van der Waals surface area (Å²) in [5, 5.41) is 9.14. The number of benzene rings is 4. The van der Waals surface area contributed by atoms with Gasteiger partial charge in [0.1, 0.15) is 17.2 Å². The summed E-state index contributed by atoms with van der Waals surface area (Å²) < 4.78 is 10.5. The van der Waals surface area contributed by atoms with Gasteiger partial charge in [-0.15, -0.1) is 11.8 Å². The van der Waals surface area contributed by atoms with Crippen molar-refractivity contribution in [1.82, 2.24) is 5.32 Å². The van der Waals surface area contributed by atoms with Crippen molar-refractivity contribution in [2.45, 2.75) is 4.90 Å². The van der Waals surface area contributed by atoms with Gasteiger partial charge in [0.15, 0.2) is 0 Å². The highest BCUT2D eigenvalue weighted by atomic mass is 35.5. The van der Waals surface area contributed by atoms with Gasteiger partial charge in [0, 0.05) is 27.2 Å². The molecule has 8 nitrogen and oxygen atoms in total. The smallest absolute Gasteiger partial charge is 0.272 e. The minimum Gasteiger partial charge on any atom is -0.495 e. The zero-order chi connectivity index (χ0) is 30.8. The topological polar surface area (TPSA) is 106 Å². The number of thioether (sulfide) groups is 1. The van der Waals surface area contributed by atoms with Crippen LogP contribution >= 0.6 is 35.0 Å². The van der Waals surface area contributed by atoms with Crippen molar-refractivity contribution >= 4 is 70.1 Å². The molecule has 0 radical (unpaired) electrons. The van der Waals surface area contributed by atoms with Crippen molar-refractivity contribution in [2.75, 3.05) is 30.6 Å². The van der Waals surface area contributed by atoms with Crippen LogP contribution in [-0.2, 0) is 9.59 Å². The Bertz CT molecular complexity index is 1650. The average molecular weight is 637 g/mol. The number of carbonyl (C=O) groups is 3. The number of halogens is 2. The fourth-order valence-electron chi connectivity index (χ4n) is 3.83. The summed E-state index contributed by atoms with van der Waals surface area (Å²) in [6.07, 6.45) is 1.55. The highest BCUT2D eigenvalue weighted by molar-refractivity contribution is 8.00. The van der Waals surface area contributed by atoms with Crippen molar-refractivity contribution < 1.29 is 23.9 Å². The third-order valence-corrected chi connectivity index (χ3v) is 7.46. The molecule has 43 heavy (non-hydrogen) atoms. The number of anilines is 2. The SMILES string of the molecule is COc1cc(OC)c(NC(=O)CSc2ccc(NC(=O)/C(=C/c3cccc(Cl)c3)NC(=O)c3ccccc3)cc2)cc1Cl. The van der Waals surface area contributed by atoms with Gasteiger partial charge in [-0.2, -0.15) is 0 Å². The van der Waals surface area contributed by atoms with Crippen LogP contribution in [0.2, 0.25) is 10.0 Å². The maximum atomic E-state index is 13.2. The maximum absolute atomic E-state index is 13.2. The molecule has 0 aliphatic heterocycles. The lowest BCUT2D eigenvalue weighted by molar-refractivity contribution is -0.114. The van der Waals surface area contributed by atoms with Crippen LogP contribution in [0.1, 0.15) is 15.9 Å². The average Bonchev–Trinajstić information content (AvgIpc) is 3.01. The van der Waals surface area contributed by atoms with Crippen LogP contribution < -0.4 is 25.4 Å². The summed E-state index contributed by atoms with van der Waals surface area (Å²) >= 11 is 13.6. The van der Waals surface area contributed by atoms with Crippen molar-refractivity contribution in [3.8, 4) is 11.5 Å². The molecule has 220 valence electrons. The van der Waals surface area contributed by atoms with Gasteiger partial charge >= 0.3 is 0 Å². The first-order valence-electron chi connectivity index (χ1n) is 12.8. The molecule has 0 saturated heterocycles. The van der Waals surface area contributed by atoms with Crippen LogP contribution in [0.3, 0.4) is 0 Å². The van der Waals surface area contributed by atoms with Gasteiger partial charge in [0.2, 0.25) is 5.91 Å². The number of amides is 3. The lowest BCUT2D eigenvalue weighted by Gasteiger charge is -2.13. The molecule has 4 aromatic rings. The number of hydrogen-bond acceptors (Lipinski definition) is 6. The Morgan fingerprint density at radius 3 is 2.21 bits per heavy atom. The normalized spacial score (nSPS) is 10.9. The van der Waals surface area contributed by atoms with E-state index in [0.29, 0.717) is 44.0 Å². The van der Waals surface area contributed by atoms with E-state index in [9.17, 15) is 14.4 Å². The van der Waals surface area contributed by atoms with Crippen LogP contribution in [0, 0.1) is 0 Å². The predicted molar refractivity (Wildman–Crippen MR) is 172 cm³/mol. The molecule has 0 aliphatic carbocycles. The molecule has 4 aromatic carbocycles. The second kappa shape index (κ2) is 15.2. The Morgan fingerprint density at radius 1 is 0.814 bits per heavy atom. The Kier molecular flexibility index (Phi) is 11.1. The first-order chi connectivity index (χ1) is 20.7. The van der Waals surface area contributed by atoms with E-state index in [0.717, 1.165) is 4.90 Å². The molecule has 3 amide bonds. The van der Waals surface area contributed by atoms with Crippen LogP contribution in [0.5, 0.6) is 11.5 Å². The Morgan fingerprint density at radius 2 is 1.53 bits per heavy atom. The monoisotopic (exact) mass is 635 g/mol. The second-order valence-electron chi connectivity index (χ2n) is 8.94. The van der Waals surface area contributed by atoms with E-state index in [1.807, 2.05) is 0 Å². The summed E-state index contributed by atoms with van der Waals surface area (Å²) in [6, 6.07) is 25.7. The fraction of sp³-hybridized carbons (Fsp3) is 0.0938. The van der Waals surface area contributed by atoms with Crippen LogP contribution in [0.4, 0.5) is 11.4 Å². The zero-order valence-electron chi connectivity index (χ0n) is 23.2. The molecule has 0 aromatic heterocycles. The molecule has 0 atom stereocenters. The predicted octanol–water partition coefficient (Wildman–Crippen LogP) is 7.15. The van der Waals surface area contributed by atoms with Gasteiger partial charge in [0.05, 0.1) is 30.7 Å². The Hall–Kier alpha value is -4.44. The quantitative estimate of drug-likeness (QED) is 0.119. The molecule has 0 spiro atoms. The molecule has 0 unspecified atom stereocenters. The molecule has 4 rings (SSSR count). The van der Waals surface area contributed by atoms with Gasteiger partial charge in [0.25, 0.3) is 11.8 Å². The lowest BCUT2D eigenvalue weighted by Crippen LogP contribution is -2.30. The lowest BCUT2D eigenvalue weighted by atomic mass is 10.1. The number of rotatable bonds is 11. The first-order valence-corrected chi connectivity index (χ1v) is 14.6. The standard InChI is InChI=1S/C32H27Cl2N3O5S/c1-41-28-18-29(42-2)26(17-25(28)34)36-30(38)19-43-24-13-11-23(12-14-24)35-32(40)27(16-20-7-6-10-22(33)15-20)37-31(39)21-8-4-3-5-9-21/h3-18H,19H2,1-2H3,(H,35,40)(H,36,38)(H,37,39)/b27-16-. The highest BCUT2D eigenvalue weighted by Crippen LogP contribution is 2.36. The number of carbonyl (C=O) groups excluding carboxylic acids is 3. The van der Waals surface area contributed by atoms with Crippen molar-refractivity contribution in [1.29, 1.82) is 0 Å². The van der Waals surface area contributed by atoms with Gasteiger partial charge in [-0.1, -0.05) is 53.5 Å². The zero-order valence-corrected chi connectivity index (χ0v) is 25.5. The van der Waals surface area contributed by atoms with E-state index in [-0.39, 0.29) is 17.4 Å². The van der Waals surface area contributed by atoms with E-state index < -0.39 is 11.8 Å². The summed E-state index contributed by atoms with van der Waals surface area (Å²) in [6.45, 7) is 0. The number of ether oxygens (including phenoxy) is 2. The highest BCUT2D eigenvalue weighted by Gasteiger charge is 2.16. The maximum Gasteiger partial charge on any atom is 0.272 e. The molecule has 0 heterocycles. The van der Waals surface area contributed by atoms with E-state index in [2.05, 4.69) is 16.0 Å². The third-order valence-electron chi connectivity index (χ3n) is 5.92. The third kappa shape index (κ3) is 9.02. The first kappa shape index (κ1) is 31.5. The van der Waals surface area contributed by atoms with Crippen molar-refractivity contribution in [3.05, 3.63) is 118 Å². The molecular formula is C32H27Cl2N3O5S. The summed E-state index contributed by atoms with van der Waals surface area (Å²) in [5.41, 5.74) is 2.03. The number of methoxy groups -OCH3 is 2. The summed E-state index contributed by atoms with van der Waals surface area (Å²) in [7, 11) is 2.98. The largest absolute Gasteiger partial charge is 0.495 e. The summed E-state index contributed by atoms with van der Waals surface area (Å²) in [5.74, 6) is -0.227. The van der Waals surface area contributed by atoms with Crippen LogP contribution in [-0.4, -0.2) is 37.7 Å². The van der Waals surface area contributed by atoms with E-state index in [1.165, 1.54) is 26.0 Å². The minimum atomic E-state index is -0.517. The van der Waals surface area contributed by atoms with Gasteiger partial charge in [-0.25, -0.2) is 0 Å². The number of nitrogens with one attached hydrogen (secondary N) is 3. The molecule has 0 bridgehead atoms. The fourth-order valence-corrected chi connectivity index (χ4v) is 4.97. The Labute approximate surface area is 263 Å². The second-order valence-corrected chi connectivity index (χ2v) is 10.8.